The van der Waals surface area contributed by atoms with Crippen LogP contribution in [0.1, 0.15) is 49.9 Å². The molecule has 0 N–H and O–H groups in total. The number of aromatic nitrogens is 4. The Balaban J connectivity index is 1.68. The van der Waals surface area contributed by atoms with Gasteiger partial charge in [-0.1, -0.05) is 44.9 Å². The predicted octanol–water partition coefficient (Wildman–Crippen LogP) is 6.24. The molecule has 4 aromatic rings. The molecule has 5 nitrogen and oxygen atoms in total. The van der Waals surface area contributed by atoms with E-state index in [0.717, 1.165) is 65.2 Å². The molecule has 5 heteroatoms. The van der Waals surface area contributed by atoms with Crippen molar-refractivity contribution in [2.24, 2.45) is 7.05 Å². The van der Waals surface area contributed by atoms with Gasteiger partial charge in [0.2, 0.25) is 0 Å². The Kier molecular flexibility index (Phi) is 6.21. The van der Waals surface area contributed by atoms with Crippen molar-refractivity contribution in [1.82, 2.24) is 19.6 Å². The molecule has 0 saturated carbocycles. The lowest BCUT2D eigenvalue weighted by atomic mass is 10.1. The van der Waals surface area contributed by atoms with Gasteiger partial charge in [0.05, 0.1) is 28.7 Å². The zero-order valence-electron chi connectivity index (χ0n) is 18.8. The number of para-hydroxylation sites is 1. The molecule has 4 rings (SSSR count). The van der Waals surface area contributed by atoms with Gasteiger partial charge in [-0.2, -0.15) is 10.2 Å². The number of nitrogens with zero attached hydrogens (tertiary/aromatic N) is 4. The molecule has 31 heavy (non-hydrogen) atoms. The molecule has 0 fully saturated rings. The van der Waals surface area contributed by atoms with Gasteiger partial charge in [0, 0.05) is 18.6 Å². The SMILES string of the molecule is CCC/C=C(/Oc1ccc(-n2nc(CCC)c3ccccc32)cc1C)c1cnn(C)c1. The van der Waals surface area contributed by atoms with Gasteiger partial charge in [-0.15, -0.1) is 0 Å². The summed E-state index contributed by atoms with van der Waals surface area (Å²) in [4.78, 5) is 0. The molecule has 0 saturated heterocycles. The lowest BCUT2D eigenvalue weighted by Gasteiger charge is -2.13. The molecule has 0 aliphatic carbocycles. The maximum absolute atomic E-state index is 6.35. The minimum absolute atomic E-state index is 0.847. The van der Waals surface area contributed by atoms with E-state index in [-0.39, 0.29) is 0 Å². The van der Waals surface area contributed by atoms with Crippen molar-refractivity contribution >= 4 is 16.7 Å². The number of unbranched alkanes of at least 4 members (excludes halogenated alkanes) is 1. The van der Waals surface area contributed by atoms with Crippen LogP contribution in [0.3, 0.4) is 0 Å². The fraction of sp³-hybridized carbons (Fsp3) is 0.308. The van der Waals surface area contributed by atoms with Gasteiger partial charge < -0.3 is 4.74 Å². The normalized spacial score (nSPS) is 11.9. The summed E-state index contributed by atoms with van der Waals surface area (Å²) in [5.74, 6) is 1.70. The van der Waals surface area contributed by atoms with E-state index in [0.29, 0.717) is 0 Å². The molecular formula is C26H30N4O. The summed E-state index contributed by atoms with van der Waals surface area (Å²) < 4.78 is 10.2. The molecule has 2 aromatic carbocycles. The average molecular weight is 415 g/mol. The highest BCUT2D eigenvalue weighted by atomic mass is 16.5. The van der Waals surface area contributed by atoms with Crippen LogP contribution in [0, 0.1) is 6.92 Å². The molecule has 0 unspecified atom stereocenters. The molecule has 0 spiro atoms. The quantitative estimate of drug-likeness (QED) is 0.321. The third-order valence-corrected chi connectivity index (χ3v) is 5.38. The number of benzene rings is 2. The van der Waals surface area contributed by atoms with Crippen LogP contribution in [0.2, 0.25) is 0 Å². The Labute approximate surface area is 184 Å². The highest BCUT2D eigenvalue weighted by Crippen LogP contribution is 2.29. The van der Waals surface area contributed by atoms with Crippen molar-refractivity contribution in [3.8, 4) is 11.4 Å². The first-order chi connectivity index (χ1) is 15.1. The van der Waals surface area contributed by atoms with Crippen LogP contribution in [0.15, 0.2) is 60.9 Å². The second-order valence-corrected chi connectivity index (χ2v) is 7.94. The van der Waals surface area contributed by atoms with Gasteiger partial charge in [-0.05, 0) is 55.7 Å². The number of hydrogen-bond acceptors (Lipinski definition) is 3. The van der Waals surface area contributed by atoms with Gasteiger partial charge in [0.25, 0.3) is 0 Å². The third kappa shape index (κ3) is 4.41. The van der Waals surface area contributed by atoms with E-state index in [9.17, 15) is 0 Å². The maximum Gasteiger partial charge on any atom is 0.133 e. The molecule has 0 bridgehead atoms. The molecule has 0 aliphatic heterocycles. The molecule has 0 radical (unpaired) electrons. The fourth-order valence-corrected chi connectivity index (χ4v) is 3.79. The lowest BCUT2D eigenvalue weighted by Crippen LogP contribution is -2.00. The summed E-state index contributed by atoms with van der Waals surface area (Å²) in [6.45, 7) is 6.44. The topological polar surface area (TPSA) is 44.9 Å². The Morgan fingerprint density at radius 3 is 2.65 bits per heavy atom. The van der Waals surface area contributed by atoms with Crippen molar-refractivity contribution in [2.75, 3.05) is 0 Å². The number of rotatable bonds is 8. The van der Waals surface area contributed by atoms with E-state index in [1.807, 2.05) is 30.2 Å². The monoisotopic (exact) mass is 414 g/mol. The summed E-state index contributed by atoms with van der Waals surface area (Å²) in [7, 11) is 1.92. The number of ether oxygens (including phenoxy) is 1. The van der Waals surface area contributed by atoms with Gasteiger partial charge in [0.1, 0.15) is 11.5 Å². The average Bonchev–Trinajstić information content (AvgIpc) is 3.36. The highest BCUT2D eigenvalue weighted by Gasteiger charge is 2.13. The van der Waals surface area contributed by atoms with Crippen LogP contribution in [0.4, 0.5) is 0 Å². The van der Waals surface area contributed by atoms with Gasteiger partial charge >= 0.3 is 0 Å². The lowest BCUT2D eigenvalue weighted by molar-refractivity contribution is 0.508. The molecule has 0 atom stereocenters. The summed E-state index contributed by atoms with van der Waals surface area (Å²) in [6, 6.07) is 14.7. The van der Waals surface area contributed by atoms with E-state index >= 15 is 0 Å². The third-order valence-electron chi connectivity index (χ3n) is 5.38. The van der Waals surface area contributed by atoms with E-state index in [1.165, 1.54) is 5.39 Å². The van der Waals surface area contributed by atoms with Gasteiger partial charge in [-0.25, -0.2) is 4.68 Å². The summed E-state index contributed by atoms with van der Waals surface area (Å²) in [5, 5.41) is 10.4. The second-order valence-electron chi connectivity index (χ2n) is 7.94. The Morgan fingerprint density at radius 2 is 1.94 bits per heavy atom. The van der Waals surface area contributed by atoms with Gasteiger partial charge in [0.15, 0.2) is 0 Å². The second kappa shape index (κ2) is 9.21. The summed E-state index contributed by atoms with van der Waals surface area (Å²) in [6.07, 6.45) is 10.0. The van der Waals surface area contributed by atoms with Crippen LogP contribution in [0.5, 0.6) is 5.75 Å². The predicted molar refractivity (Wildman–Crippen MR) is 127 cm³/mol. The minimum Gasteiger partial charge on any atom is -0.457 e. The number of aryl methyl sites for hydroxylation is 3. The standard InChI is InChI=1S/C26H30N4O/c1-5-7-13-26(20-17-27-29(4)18-20)31-25-15-14-21(16-19(25)3)30-24-12-9-8-11-22(24)23(28-30)10-6-2/h8-9,11-18H,5-7,10H2,1-4H3/b26-13+. The van der Waals surface area contributed by atoms with E-state index in [4.69, 9.17) is 9.84 Å². The van der Waals surface area contributed by atoms with Crippen LogP contribution in [0.25, 0.3) is 22.3 Å². The van der Waals surface area contributed by atoms with Crippen molar-refractivity contribution < 1.29 is 4.74 Å². The molecule has 0 aliphatic rings. The Bertz CT molecular complexity index is 1220. The van der Waals surface area contributed by atoms with Crippen molar-refractivity contribution in [3.63, 3.8) is 0 Å². The molecular weight excluding hydrogens is 384 g/mol. The number of fused-ring (bicyclic) bond motifs is 1. The zero-order chi connectivity index (χ0) is 21.8. The first kappa shape index (κ1) is 20.9. The van der Waals surface area contributed by atoms with Crippen LogP contribution >= 0.6 is 0 Å². The van der Waals surface area contributed by atoms with E-state index < -0.39 is 0 Å². The maximum atomic E-state index is 6.35. The van der Waals surface area contributed by atoms with Crippen LogP contribution in [-0.4, -0.2) is 19.6 Å². The van der Waals surface area contributed by atoms with Crippen molar-refractivity contribution in [3.05, 3.63) is 77.8 Å². The smallest absolute Gasteiger partial charge is 0.133 e. The highest BCUT2D eigenvalue weighted by molar-refractivity contribution is 5.83. The first-order valence-corrected chi connectivity index (χ1v) is 11.1. The Hall–Kier alpha value is -3.34. The zero-order valence-corrected chi connectivity index (χ0v) is 18.8. The number of hydrogen-bond donors (Lipinski definition) is 0. The largest absolute Gasteiger partial charge is 0.457 e. The van der Waals surface area contributed by atoms with Crippen molar-refractivity contribution in [2.45, 2.75) is 46.5 Å². The van der Waals surface area contributed by atoms with Crippen LogP contribution < -0.4 is 4.74 Å². The molecule has 0 amide bonds. The summed E-state index contributed by atoms with van der Waals surface area (Å²) >= 11 is 0. The van der Waals surface area contributed by atoms with E-state index in [1.54, 1.807) is 4.68 Å². The molecule has 160 valence electrons. The van der Waals surface area contributed by atoms with Crippen molar-refractivity contribution in [1.29, 1.82) is 0 Å². The Morgan fingerprint density at radius 1 is 1.10 bits per heavy atom. The fourth-order valence-electron chi connectivity index (χ4n) is 3.79. The summed E-state index contributed by atoms with van der Waals surface area (Å²) in [5.41, 5.74) is 5.39. The van der Waals surface area contributed by atoms with E-state index in [2.05, 4.69) is 68.3 Å². The molecule has 2 aromatic heterocycles. The minimum atomic E-state index is 0.847. The number of allylic oxidation sites excluding steroid dienone is 1. The van der Waals surface area contributed by atoms with Crippen LogP contribution in [-0.2, 0) is 13.5 Å². The molecule has 2 heterocycles. The van der Waals surface area contributed by atoms with Gasteiger partial charge in [-0.3, -0.25) is 4.68 Å². The first-order valence-electron chi connectivity index (χ1n) is 11.1.